The first-order chi connectivity index (χ1) is 20.1. The zero-order valence-corrected chi connectivity index (χ0v) is 22.7. The van der Waals surface area contributed by atoms with Gasteiger partial charge in [0.15, 0.2) is 5.65 Å². The van der Waals surface area contributed by atoms with Gasteiger partial charge in [0.1, 0.15) is 23.7 Å². The zero-order valence-electron chi connectivity index (χ0n) is 22.7. The number of carbonyl (C=O) groups is 1. The summed E-state index contributed by atoms with van der Waals surface area (Å²) >= 11 is 0. The van der Waals surface area contributed by atoms with Gasteiger partial charge in [0.2, 0.25) is 0 Å². The fourth-order valence-electron chi connectivity index (χ4n) is 5.15. The number of carbonyl (C=O) groups excluding carboxylic acids is 1. The molecular weight excluding hydrogens is 521 g/mol. The molecule has 0 bridgehead atoms. The number of piperazine rings is 1. The molecule has 9 nitrogen and oxygen atoms in total. The average molecular weight is 552 g/mol. The summed E-state index contributed by atoms with van der Waals surface area (Å²) in [5.74, 6) is 1.15. The van der Waals surface area contributed by atoms with Gasteiger partial charge in [-0.25, -0.2) is 19.0 Å². The van der Waals surface area contributed by atoms with Gasteiger partial charge in [0.25, 0.3) is 5.91 Å². The standard InChI is InChI=1S/C31H30FN7O2/c1-41-28-12-9-23(31(40)33-14-13-22-7-10-24(32)11-8-22)19-27(28)37-15-17-38(18-16-37)29-26-20-36-39(30(26)35-21-34-29)25-5-3-2-4-6-25/h2-12,19-21H,13-18H2,1H3,(H,33,40). The maximum absolute atomic E-state index is 13.1. The largest absolute Gasteiger partial charge is 0.495 e. The smallest absolute Gasteiger partial charge is 0.251 e. The summed E-state index contributed by atoms with van der Waals surface area (Å²) in [7, 11) is 1.64. The Labute approximate surface area is 237 Å². The van der Waals surface area contributed by atoms with E-state index in [0.717, 1.165) is 65.7 Å². The van der Waals surface area contributed by atoms with E-state index in [-0.39, 0.29) is 11.7 Å². The van der Waals surface area contributed by atoms with E-state index in [1.54, 1.807) is 31.6 Å². The van der Waals surface area contributed by atoms with E-state index < -0.39 is 0 Å². The SMILES string of the molecule is COc1ccc(C(=O)NCCc2ccc(F)cc2)cc1N1CCN(c2ncnc3c2cnn3-c2ccccc2)CC1. The van der Waals surface area contributed by atoms with Crippen LogP contribution < -0.4 is 19.9 Å². The van der Waals surface area contributed by atoms with Crippen LogP contribution in [-0.2, 0) is 6.42 Å². The van der Waals surface area contributed by atoms with Crippen LogP contribution in [0.15, 0.2) is 85.3 Å². The normalized spacial score (nSPS) is 13.4. The van der Waals surface area contributed by atoms with Gasteiger partial charge < -0.3 is 19.9 Å². The lowest BCUT2D eigenvalue weighted by molar-refractivity contribution is 0.0954. The van der Waals surface area contributed by atoms with Gasteiger partial charge in [-0.15, -0.1) is 0 Å². The number of nitrogens with zero attached hydrogens (tertiary/aromatic N) is 6. The molecule has 0 spiro atoms. The van der Waals surface area contributed by atoms with Crippen LogP contribution in [0.4, 0.5) is 15.9 Å². The van der Waals surface area contributed by atoms with Gasteiger partial charge in [-0.2, -0.15) is 5.10 Å². The number of benzene rings is 3. The maximum Gasteiger partial charge on any atom is 0.251 e. The Morgan fingerprint density at radius 2 is 1.71 bits per heavy atom. The number of ether oxygens (including phenoxy) is 1. The highest BCUT2D eigenvalue weighted by molar-refractivity contribution is 5.95. The van der Waals surface area contributed by atoms with Gasteiger partial charge in [-0.1, -0.05) is 30.3 Å². The van der Waals surface area contributed by atoms with Crippen LogP contribution >= 0.6 is 0 Å². The van der Waals surface area contributed by atoms with E-state index in [4.69, 9.17) is 4.74 Å². The zero-order chi connectivity index (χ0) is 28.2. The number of anilines is 2. The van der Waals surface area contributed by atoms with E-state index >= 15 is 0 Å². The van der Waals surface area contributed by atoms with Crippen molar-refractivity contribution in [3.8, 4) is 11.4 Å². The van der Waals surface area contributed by atoms with Crippen LogP contribution in [0.2, 0.25) is 0 Å². The van der Waals surface area contributed by atoms with Crippen molar-refractivity contribution < 1.29 is 13.9 Å². The summed E-state index contributed by atoms with van der Waals surface area (Å²) in [5, 5.41) is 8.45. The Balaban J connectivity index is 1.14. The molecule has 1 N–H and O–H groups in total. The Bertz CT molecular complexity index is 1650. The Kier molecular flexibility index (Phi) is 7.44. The third-order valence-electron chi connectivity index (χ3n) is 7.32. The first-order valence-corrected chi connectivity index (χ1v) is 13.6. The molecule has 0 aliphatic carbocycles. The molecule has 10 heteroatoms. The van der Waals surface area contributed by atoms with Crippen LogP contribution in [0.1, 0.15) is 15.9 Å². The minimum Gasteiger partial charge on any atom is -0.495 e. The monoisotopic (exact) mass is 551 g/mol. The number of methoxy groups -OCH3 is 1. The number of para-hydroxylation sites is 1. The van der Waals surface area contributed by atoms with Gasteiger partial charge in [-0.05, 0) is 54.4 Å². The van der Waals surface area contributed by atoms with Gasteiger partial charge in [-0.3, -0.25) is 4.79 Å². The summed E-state index contributed by atoms with van der Waals surface area (Å²) in [6.45, 7) is 3.38. The molecule has 41 heavy (non-hydrogen) atoms. The fraction of sp³-hybridized carbons (Fsp3) is 0.226. The molecule has 1 saturated heterocycles. The van der Waals surface area contributed by atoms with Crippen LogP contribution in [-0.4, -0.2) is 65.5 Å². The molecule has 0 saturated carbocycles. The number of amides is 1. The molecule has 1 aliphatic rings. The van der Waals surface area contributed by atoms with E-state index in [1.165, 1.54) is 12.1 Å². The van der Waals surface area contributed by atoms with Crippen molar-refractivity contribution in [2.24, 2.45) is 0 Å². The Hall–Kier alpha value is -4.99. The van der Waals surface area contributed by atoms with Crippen molar-refractivity contribution in [2.45, 2.75) is 6.42 Å². The molecule has 0 atom stereocenters. The molecule has 0 radical (unpaired) electrons. The Morgan fingerprint density at radius 1 is 0.951 bits per heavy atom. The first-order valence-electron chi connectivity index (χ1n) is 13.6. The summed E-state index contributed by atoms with van der Waals surface area (Å²) in [6, 6.07) is 21.7. The number of nitrogens with one attached hydrogen (secondary N) is 1. The van der Waals surface area contributed by atoms with Crippen LogP contribution in [0.3, 0.4) is 0 Å². The average Bonchev–Trinajstić information content (AvgIpc) is 3.47. The minimum atomic E-state index is -0.270. The van der Waals surface area contributed by atoms with Gasteiger partial charge >= 0.3 is 0 Å². The topological polar surface area (TPSA) is 88.4 Å². The van der Waals surface area contributed by atoms with Gasteiger partial charge in [0.05, 0.1) is 30.1 Å². The Morgan fingerprint density at radius 3 is 2.46 bits per heavy atom. The number of hydrogen-bond donors (Lipinski definition) is 1. The molecule has 6 rings (SSSR count). The van der Waals surface area contributed by atoms with Crippen LogP contribution in [0, 0.1) is 5.82 Å². The summed E-state index contributed by atoms with van der Waals surface area (Å²) < 4.78 is 20.6. The van der Waals surface area contributed by atoms with Crippen molar-refractivity contribution in [3.05, 3.63) is 102 Å². The van der Waals surface area contributed by atoms with Crippen molar-refractivity contribution in [3.63, 3.8) is 0 Å². The second kappa shape index (κ2) is 11.6. The van der Waals surface area contributed by atoms with E-state index in [9.17, 15) is 9.18 Å². The van der Waals surface area contributed by atoms with Crippen molar-refractivity contribution in [2.75, 3.05) is 49.6 Å². The van der Waals surface area contributed by atoms with E-state index in [0.29, 0.717) is 18.5 Å². The summed E-state index contributed by atoms with van der Waals surface area (Å²) in [6.07, 6.45) is 4.04. The highest BCUT2D eigenvalue weighted by atomic mass is 19.1. The molecule has 1 amide bonds. The molecule has 5 aromatic rings. The van der Waals surface area contributed by atoms with Crippen LogP contribution in [0.25, 0.3) is 16.7 Å². The second-order valence-electron chi connectivity index (χ2n) is 9.82. The predicted molar refractivity (Wildman–Crippen MR) is 157 cm³/mol. The highest BCUT2D eigenvalue weighted by Crippen LogP contribution is 2.32. The highest BCUT2D eigenvalue weighted by Gasteiger charge is 2.24. The van der Waals surface area contributed by atoms with Crippen LogP contribution in [0.5, 0.6) is 5.75 Å². The molecular formula is C31H30FN7O2. The molecule has 0 unspecified atom stereocenters. The lowest BCUT2D eigenvalue weighted by Crippen LogP contribution is -2.47. The lowest BCUT2D eigenvalue weighted by atomic mass is 10.1. The number of fused-ring (bicyclic) bond motifs is 1. The van der Waals surface area contributed by atoms with Crippen molar-refractivity contribution in [1.82, 2.24) is 25.1 Å². The van der Waals surface area contributed by atoms with Crippen molar-refractivity contribution in [1.29, 1.82) is 0 Å². The van der Waals surface area contributed by atoms with E-state index in [1.807, 2.05) is 53.3 Å². The summed E-state index contributed by atoms with van der Waals surface area (Å²) in [4.78, 5) is 26.5. The third-order valence-corrected chi connectivity index (χ3v) is 7.32. The molecule has 208 valence electrons. The number of hydrogen-bond acceptors (Lipinski definition) is 7. The predicted octanol–water partition coefficient (Wildman–Crippen LogP) is 4.26. The number of halogens is 1. The fourth-order valence-corrected chi connectivity index (χ4v) is 5.15. The lowest BCUT2D eigenvalue weighted by Gasteiger charge is -2.37. The first kappa shape index (κ1) is 26.2. The number of rotatable bonds is 8. The minimum absolute atomic E-state index is 0.159. The van der Waals surface area contributed by atoms with Gasteiger partial charge in [0, 0.05) is 38.3 Å². The third kappa shape index (κ3) is 5.54. The quantitative estimate of drug-likeness (QED) is 0.308. The molecule has 3 heterocycles. The second-order valence-corrected chi connectivity index (χ2v) is 9.82. The van der Waals surface area contributed by atoms with Crippen molar-refractivity contribution >= 4 is 28.4 Å². The summed E-state index contributed by atoms with van der Waals surface area (Å²) in [5.41, 5.74) is 4.12. The van der Waals surface area contributed by atoms with E-state index in [2.05, 4.69) is 30.2 Å². The molecule has 3 aromatic carbocycles. The maximum atomic E-state index is 13.1. The molecule has 2 aromatic heterocycles. The molecule has 1 fully saturated rings. The molecule has 1 aliphatic heterocycles. The number of aromatic nitrogens is 4.